The van der Waals surface area contributed by atoms with Crippen LogP contribution in [0, 0.1) is 5.82 Å². The third-order valence-corrected chi connectivity index (χ3v) is 3.84. The lowest BCUT2D eigenvalue weighted by Crippen LogP contribution is -2.36. The molecule has 1 heterocycles. The Labute approximate surface area is 138 Å². The average Bonchev–Trinajstić information content (AvgIpc) is 2.58. The van der Waals surface area contributed by atoms with Crippen molar-refractivity contribution in [1.82, 2.24) is 10.2 Å². The first-order valence-corrected chi connectivity index (χ1v) is 7.34. The summed E-state index contributed by atoms with van der Waals surface area (Å²) < 4.78 is 19.3. The molecular weight excluding hydrogens is 313 g/mol. The Morgan fingerprint density at radius 1 is 1.38 bits per heavy atom. The molecule has 3 rings (SSSR count). The van der Waals surface area contributed by atoms with Crippen molar-refractivity contribution >= 4 is 17.7 Å². The molecular formula is C17H16FN3O3. The monoisotopic (exact) mass is 329 g/mol. The summed E-state index contributed by atoms with van der Waals surface area (Å²) in [5.41, 5.74) is 7.04. The Bertz CT molecular complexity index is 823. The van der Waals surface area contributed by atoms with Gasteiger partial charge in [-0.2, -0.15) is 0 Å². The van der Waals surface area contributed by atoms with Gasteiger partial charge in [0.1, 0.15) is 5.75 Å². The minimum Gasteiger partial charge on any atom is -0.410 e. The van der Waals surface area contributed by atoms with Gasteiger partial charge in [-0.05, 0) is 18.2 Å². The maximum Gasteiger partial charge on any atom is 0.415 e. The van der Waals surface area contributed by atoms with Crippen molar-refractivity contribution in [3.8, 4) is 5.75 Å². The summed E-state index contributed by atoms with van der Waals surface area (Å²) in [5.74, 6) is -0.463. The lowest BCUT2D eigenvalue weighted by atomic mass is 10.1. The molecule has 1 aliphatic heterocycles. The largest absolute Gasteiger partial charge is 0.415 e. The summed E-state index contributed by atoms with van der Waals surface area (Å²) in [6, 6.07) is 9.55. The molecule has 0 saturated heterocycles. The molecule has 0 unspecified atom stereocenters. The quantitative estimate of drug-likeness (QED) is 0.846. The number of hydrogen-bond donors (Lipinski definition) is 2. The van der Waals surface area contributed by atoms with Gasteiger partial charge in [0.25, 0.3) is 5.91 Å². The highest BCUT2D eigenvalue weighted by Crippen LogP contribution is 2.29. The van der Waals surface area contributed by atoms with Gasteiger partial charge in [-0.1, -0.05) is 18.2 Å². The summed E-state index contributed by atoms with van der Waals surface area (Å²) in [7, 11) is 1.52. The Kier molecular flexibility index (Phi) is 4.07. The van der Waals surface area contributed by atoms with E-state index in [0.717, 1.165) is 5.56 Å². The van der Waals surface area contributed by atoms with Crippen molar-refractivity contribution in [3.63, 3.8) is 0 Å². The molecule has 2 amide bonds. The maximum absolute atomic E-state index is 14.0. The predicted molar refractivity (Wildman–Crippen MR) is 85.9 cm³/mol. The van der Waals surface area contributed by atoms with E-state index >= 15 is 0 Å². The van der Waals surface area contributed by atoms with Gasteiger partial charge in [-0.25, -0.2) is 9.18 Å². The number of carbonyl (C=O) groups is 2. The van der Waals surface area contributed by atoms with Crippen LogP contribution >= 0.6 is 0 Å². The van der Waals surface area contributed by atoms with Gasteiger partial charge in [0.2, 0.25) is 0 Å². The van der Waals surface area contributed by atoms with Crippen molar-refractivity contribution in [3.05, 3.63) is 58.9 Å². The SMILES string of the molecule is CNC(=O)c1ccc2c(c1)OC(=O)N(Cc1cccc(N)c1F)C2. The number of halogens is 1. The third kappa shape index (κ3) is 2.88. The summed E-state index contributed by atoms with van der Waals surface area (Å²) in [4.78, 5) is 25.2. The van der Waals surface area contributed by atoms with Crippen LogP contribution in [-0.4, -0.2) is 23.9 Å². The maximum atomic E-state index is 14.0. The summed E-state index contributed by atoms with van der Waals surface area (Å²) in [5, 5.41) is 2.51. The number of anilines is 1. The molecule has 0 atom stereocenters. The van der Waals surface area contributed by atoms with Gasteiger partial charge < -0.3 is 15.8 Å². The van der Waals surface area contributed by atoms with E-state index in [1.54, 1.807) is 24.3 Å². The molecule has 3 N–H and O–H groups in total. The average molecular weight is 329 g/mol. The Hall–Kier alpha value is -3.09. The highest BCUT2D eigenvalue weighted by atomic mass is 19.1. The molecule has 7 heteroatoms. The zero-order valence-corrected chi connectivity index (χ0v) is 13.0. The molecule has 0 spiro atoms. The fourth-order valence-electron chi connectivity index (χ4n) is 2.54. The van der Waals surface area contributed by atoms with Crippen molar-refractivity contribution in [2.24, 2.45) is 0 Å². The van der Waals surface area contributed by atoms with Crippen LogP contribution in [0.2, 0.25) is 0 Å². The number of rotatable bonds is 3. The fourth-order valence-corrected chi connectivity index (χ4v) is 2.54. The van der Waals surface area contributed by atoms with E-state index < -0.39 is 11.9 Å². The van der Waals surface area contributed by atoms with Crippen molar-refractivity contribution in [2.45, 2.75) is 13.1 Å². The molecule has 6 nitrogen and oxygen atoms in total. The zero-order valence-electron chi connectivity index (χ0n) is 13.0. The zero-order chi connectivity index (χ0) is 17.3. The Morgan fingerprint density at radius 2 is 2.17 bits per heavy atom. The van der Waals surface area contributed by atoms with Crippen LogP contribution in [0.1, 0.15) is 21.5 Å². The number of nitrogens with zero attached hydrogens (tertiary/aromatic N) is 1. The lowest BCUT2D eigenvalue weighted by Gasteiger charge is -2.28. The second kappa shape index (κ2) is 6.19. The lowest BCUT2D eigenvalue weighted by molar-refractivity contribution is 0.0961. The van der Waals surface area contributed by atoms with Crippen molar-refractivity contribution in [2.75, 3.05) is 12.8 Å². The molecule has 124 valence electrons. The smallest absolute Gasteiger partial charge is 0.410 e. The number of hydrogen-bond acceptors (Lipinski definition) is 4. The van der Waals surface area contributed by atoms with Crippen LogP contribution in [0.3, 0.4) is 0 Å². The van der Waals surface area contributed by atoms with Gasteiger partial charge in [0.15, 0.2) is 5.82 Å². The van der Waals surface area contributed by atoms with Crippen LogP contribution in [0.25, 0.3) is 0 Å². The Balaban J connectivity index is 1.83. The summed E-state index contributed by atoms with van der Waals surface area (Å²) in [6.45, 7) is 0.308. The number of benzene rings is 2. The molecule has 2 aromatic rings. The number of carbonyl (C=O) groups excluding carboxylic acids is 2. The van der Waals surface area contributed by atoms with E-state index in [9.17, 15) is 14.0 Å². The highest BCUT2D eigenvalue weighted by Gasteiger charge is 2.26. The molecule has 2 aromatic carbocycles. The van der Waals surface area contributed by atoms with E-state index in [2.05, 4.69) is 5.32 Å². The van der Waals surface area contributed by atoms with E-state index in [1.807, 2.05) is 0 Å². The number of fused-ring (bicyclic) bond motifs is 1. The van der Waals surface area contributed by atoms with Crippen LogP contribution in [0.4, 0.5) is 14.9 Å². The highest BCUT2D eigenvalue weighted by molar-refractivity contribution is 5.94. The standard InChI is InChI=1S/C17H16FN3O3/c1-20-16(22)10-5-6-11-8-21(17(23)24-14(11)7-10)9-12-3-2-4-13(19)15(12)18/h2-7H,8-9,19H2,1H3,(H,20,22). The minimum absolute atomic E-state index is 0.0356. The van der Waals surface area contributed by atoms with E-state index in [0.29, 0.717) is 16.9 Å². The fraction of sp³-hybridized carbons (Fsp3) is 0.176. The topological polar surface area (TPSA) is 84.7 Å². The predicted octanol–water partition coefficient (Wildman–Crippen LogP) is 2.28. The number of nitrogen functional groups attached to an aromatic ring is 1. The Morgan fingerprint density at radius 3 is 2.92 bits per heavy atom. The number of nitrogens with one attached hydrogen (secondary N) is 1. The number of nitrogens with two attached hydrogens (primary N) is 1. The summed E-state index contributed by atoms with van der Waals surface area (Å²) in [6.07, 6.45) is -0.599. The molecule has 24 heavy (non-hydrogen) atoms. The minimum atomic E-state index is -0.599. The van der Waals surface area contributed by atoms with Gasteiger partial charge >= 0.3 is 6.09 Å². The molecule has 0 radical (unpaired) electrons. The second-order valence-electron chi connectivity index (χ2n) is 5.45. The van der Waals surface area contributed by atoms with Crippen LogP contribution in [-0.2, 0) is 13.1 Å². The second-order valence-corrected chi connectivity index (χ2v) is 5.45. The van der Waals surface area contributed by atoms with Crippen LogP contribution < -0.4 is 15.8 Å². The first kappa shape index (κ1) is 15.8. The normalized spacial score (nSPS) is 13.2. The van der Waals surface area contributed by atoms with Crippen molar-refractivity contribution < 1.29 is 18.7 Å². The molecule has 0 saturated carbocycles. The number of ether oxygens (including phenoxy) is 1. The molecule has 0 aromatic heterocycles. The van der Waals surface area contributed by atoms with Crippen molar-refractivity contribution in [1.29, 1.82) is 0 Å². The summed E-state index contributed by atoms with van der Waals surface area (Å²) >= 11 is 0. The van der Waals surface area contributed by atoms with E-state index in [-0.39, 0.29) is 24.7 Å². The van der Waals surface area contributed by atoms with E-state index in [4.69, 9.17) is 10.5 Å². The first-order valence-electron chi connectivity index (χ1n) is 7.34. The van der Waals surface area contributed by atoms with Crippen LogP contribution in [0.5, 0.6) is 5.75 Å². The third-order valence-electron chi connectivity index (χ3n) is 3.84. The molecule has 1 aliphatic rings. The van der Waals surface area contributed by atoms with Crippen LogP contribution in [0.15, 0.2) is 36.4 Å². The molecule has 0 fully saturated rings. The number of amides is 2. The van der Waals surface area contributed by atoms with Gasteiger partial charge in [-0.3, -0.25) is 9.69 Å². The van der Waals surface area contributed by atoms with Gasteiger partial charge in [0.05, 0.1) is 18.8 Å². The van der Waals surface area contributed by atoms with Gasteiger partial charge in [0, 0.05) is 23.7 Å². The van der Waals surface area contributed by atoms with Gasteiger partial charge in [-0.15, -0.1) is 0 Å². The van der Waals surface area contributed by atoms with E-state index in [1.165, 1.54) is 24.1 Å². The first-order chi connectivity index (χ1) is 11.5. The molecule has 0 bridgehead atoms. The molecule has 0 aliphatic carbocycles.